The van der Waals surface area contributed by atoms with Gasteiger partial charge in [-0.25, -0.2) is 0 Å². The van der Waals surface area contributed by atoms with E-state index in [9.17, 15) is 9.59 Å². The Morgan fingerprint density at radius 2 is 1.91 bits per heavy atom. The van der Waals surface area contributed by atoms with E-state index in [4.69, 9.17) is 0 Å². The monoisotopic (exact) mass is 311 g/mol. The summed E-state index contributed by atoms with van der Waals surface area (Å²) < 4.78 is 0. The number of nitrogens with zero attached hydrogens (tertiary/aromatic N) is 1. The highest BCUT2D eigenvalue weighted by Gasteiger charge is 2.25. The molecule has 1 fully saturated rings. The van der Waals surface area contributed by atoms with Crippen LogP contribution in [0.2, 0.25) is 0 Å². The van der Waals surface area contributed by atoms with Gasteiger partial charge in [0.2, 0.25) is 0 Å². The van der Waals surface area contributed by atoms with Gasteiger partial charge in [-0.15, -0.1) is 0 Å². The van der Waals surface area contributed by atoms with Crippen LogP contribution >= 0.6 is 0 Å². The molecule has 1 aliphatic heterocycles. The Morgan fingerprint density at radius 1 is 1.17 bits per heavy atom. The number of H-pyrrole nitrogens is 1. The van der Waals surface area contributed by atoms with E-state index in [0.29, 0.717) is 18.7 Å². The van der Waals surface area contributed by atoms with Gasteiger partial charge < -0.3 is 15.2 Å². The average molecular weight is 311 g/mol. The van der Waals surface area contributed by atoms with Crippen LogP contribution in [-0.4, -0.2) is 40.8 Å². The molecule has 5 nitrogen and oxygen atoms in total. The Bertz CT molecular complexity index is 686. The molecule has 0 radical (unpaired) electrons. The topological polar surface area (TPSA) is 65.2 Å². The largest absolute Gasteiger partial charge is 0.367 e. The van der Waals surface area contributed by atoms with Gasteiger partial charge in [0.05, 0.1) is 5.56 Å². The quantitative estimate of drug-likeness (QED) is 0.914. The van der Waals surface area contributed by atoms with Gasteiger partial charge >= 0.3 is 0 Å². The zero-order valence-electron chi connectivity index (χ0n) is 13.2. The lowest BCUT2D eigenvalue weighted by Crippen LogP contribution is -2.46. The molecule has 2 amide bonds. The van der Waals surface area contributed by atoms with Gasteiger partial charge in [-0.2, -0.15) is 0 Å². The first-order valence-electron chi connectivity index (χ1n) is 7.93. The lowest BCUT2D eigenvalue weighted by molar-refractivity contribution is 0.0698. The number of benzene rings is 1. The van der Waals surface area contributed by atoms with Gasteiger partial charge in [0.1, 0.15) is 0 Å². The minimum Gasteiger partial charge on any atom is -0.367 e. The Labute approximate surface area is 135 Å². The van der Waals surface area contributed by atoms with Crippen LogP contribution in [0.1, 0.15) is 39.1 Å². The van der Waals surface area contributed by atoms with Gasteiger partial charge in [-0.1, -0.05) is 18.2 Å². The summed E-state index contributed by atoms with van der Waals surface area (Å²) in [5.74, 6) is 0.0217. The van der Waals surface area contributed by atoms with Crippen LogP contribution in [0.3, 0.4) is 0 Å². The summed E-state index contributed by atoms with van der Waals surface area (Å²) in [5, 5.41) is 3.09. The number of nitrogens with one attached hydrogen (secondary N) is 2. The third kappa shape index (κ3) is 3.44. The number of carbonyl (C=O) groups is 2. The minimum atomic E-state index is -0.0292. The van der Waals surface area contributed by atoms with E-state index in [1.54, 1.807) is 18.5 Å². The van der Waals surface area contributed by atoms with Gasteiger partial charge in [-0.3, -0.25) is 9.59 Å². The molecule has 23 heavy (non-hydrogen) atoms. The molecule has 1 aromatic heterocycles. The first kappa shape index (κ1) is 15.3. The summed E-state index contributed by atoms with van der Waals surface area (Å²) in [5.41, 5.74) is 2.38. The van der Waals surface area contributed by atoms with Crippen molar-refractivity contribution >= 4 is 11.8 Å². The minimum absolute atomic E-state index is 0.0292. The van der Waals surface area contributed by atoms with Crippen LogP contribution in [-0.2, 0) is 0 Å². The zero-order chi connectivity index (χ0) is 16.2. The van der Waals surface area contributed by atoms with Gasteiger partial charge in [0.25, 0.3) is 11.8 Å². The van der Waals surface area contributed by atoms with Crippen LogP contribution in [0.4, 0.5) is 0 Å². The van der Waals surface area contributed by atoms with E-state index in [2.05, 4.69) is 10.3 Å². The standard InChI is InChI=1S/C18H21N3O2/c1-13-4-2-3-5-16(13)17(22)20-15-7-10-21(11-8-15)18(23)14-6-9-19-12-14/h2-6,9,12,15,19H,7-8,10-11H2,1H3,(H,20,22). The highest BCUT2D eigenvalue weighted by Crippen LogP contribution is 2.15. The average Bonchev–Trinajstić information content (AvgIpc) is 3.09. The number of likely N-dealkylation sites (tertiary alicyclic amines) is 1. The second-order valence-electron chi connectivity index (χ2n) is 5.95. The molecular weight excluding hydrogens is 290 g/mol. The number of rotatable bonds is 3. The van der Waals surface area contributed by atoms with Gasteiger partial charge in [0.15, 0.2) is 0 Å². The number of piperidine rings is 1. The van der Waals surface area contributed by atoms with E-state index in [1.165, 1.54) is 0 Å². The zero-order valence-corrected chi connectivity index (χ0v) is 13.2. The number of aromatic amines is 1. The maximum atomic E-state index is 12.3. The Balaban J connectivity index is 1.54. The lowest BCUT2D eigenvalue weighted by Gasteiger charge is -2.32. The Hall–Kier alpha value is -2.56. The summed E-state index contributed by atoms with van der Waals surface area (Å²) in [4.78, 5) is 29.4. The van der Waals surface area contributed by atoms with E-state index in [1.807, 2.05) is 36.1 Å². The van der Waals surface area contributed by atoms with Crippen molar-refractivity contribution in [1.82, 2.24) is 15.2 Å². The van der Waals surface area contributed by atoms with Crippen molar-refractivity contribution in [3.8, 4) is 0 Å². The van der Waals surface area contributed by atoms with Crippen molar-refractivity contribution in [1.29, 1.82) is 0 Å². The van der Waals surface area contributed by atoms with E-state index in [0.717, 1.165) is 24.0 Å². The number of aryl methyl sites for hydroxylation is 1. The Kier molecular flexibility index (Phi) is 4.46. The summed E-state index contributed by atoms with van der Waals surface area (Å²) in [6.45, 7) is 3.28. The molecule has 0 spiro atoms. The predicted octanol–water partition coefficient (Wildman–Crippen LogP) is 2.36. The highest BCUT2D eigenvalue weighted by atomic mass is 16.2. The number of hydrogen-bond acceptors (Lipinski definition) is 2. The molecule has 2 heterocycles. The number of amides is 2. The van der Waals surface area contributed by atoms with Gasteiger partial charge in [0, 0.05) is 37.1 Å². The van der Waals surface area contributed by atoms with Crippen LogP contribution in [0, 0.1) is 6.92 Å². The van der Waals surface area contributed by atoms with Crippen LogP contribution in [0.15, 0.2) is 42.7 Å². The molecule has 2 N–H and O–H groups in total. The predicted molar refractivity (Wildman–Crippen MR) is 88.4 cm³/mol. The normalized spacial score (nSPS) is 15.4. The highest BCUT2D eigenvalue weighted by molar-refractivity contribution is 5.96. The molecule has 1 aliphatic rings. The maximum absolute atomic E-state index is 12.3. The fourth-order valence-corrected chi connectivity index (χ4v) is 2.96. The summed E-state index contributed by atoms with van der Waals surface area (Å²) in [6.07, 6.45) is 5.04. The molecule has 1 saturated heterocycles. The molecule has 120 valence electrons. The molecule has 5 heteroatoms. The van der Waals surface area contributed by atoms with Crippen molar-refractivity contribution in [2.75, 3.05) is 13.1 Å². The van der Waals surface area contributed by atoms with E-state index < -0.39 is 0 Å². The number of aromatic nitrogens is 1. The first-order chi connectivity index (χ1) is 11.1. The molecule has 2 aromatic rings. The molecule has 3 rings (SSSR count). The summed E-state index contributed by atoms with van der Waals surface area (Å²) in [7, 11) is 0. The fourth-order valence-electron chi connectivity index (χ4n) is 2.96. The van der Waals surface area contributed by atoms with Crippen LogP contribution < -0.4 is 5.32 Å². The number of hydrogen-bond donors (Lipinski definition) is 2. The summed E-state index contributed by atoms with van der Waals surface area (Å²) in [6, 6.07) is 9.49. The second kappa shape index (κ2) is 6.69. The van der Waals surface area contributed by atoms with E-state index >= 15 is 0 Å². The van der Waals surface area contributed by atoms with Crippen LogP contribution in [0.25, 0.3) is 0 Å². The van der Waals surface area contributed by atoms with Crippen molar-refractivity contribution in [2.45, 2.75) is 25.8 Å². The number of carbonyl (C=O) groups excluding carboxylic acids is 2. The molecule has 0 saturated carbocycles. The molecule has 0 unspecified atom stereocenters. The summed E-state index contributed by atoms with van der Waals surface area (Å²) >= 11 is 0. The van der Waals surface area contributed by atoms with Crippen molar-refractivity contribution in [3.63, 3.8) is 0 Å². The smallest absolute Gasteiger partial charge is 0.255 e. The molecule has 0 bridgehead atoms. The Morgan fingerprint density at radius 3 is 2.57 bits per heavy atom. The second-order valence-corrected chi connectivity index (χ2v) is 5.95. The first-order valence-corrected chi connectivity index (χ1v) is 7.93. The fraction of sp³-hybridized carbons (Fsp3) is 0.333. The van der Waals surface area contributed by atoms with Crippen LogP contribution in [0.5, 0.6) is 0 Å². The molecule has 0 aliphatic carbocycles. The van der Waals surface area contributed by atoms with Crippen molar-refractivity contribution < 1.29 is 9.59 Å². The SMILES string of the molecule is Cc1ccccc1C(=O)NC1CCN(C(=O)c2cc[nH]c2)CC1. The molecule has 1 aromatic carbocycles. The third-order valence-electron chi connectivity index (χ3n) is 4.35. The van der Waals surface area contributed by atoms with E-state index in [-0.39, 0.29) is 17.9 Å². The maximum Gasteiger partial charge on any atom is 0.255 e. The lowest BCUT2D eigenvalue weighted by atomic mass is 10.0. The van der Waals surface area contributed by atoms with Gasteiger partial charge in [-0.05, 0) is 37.5 Å². The molecule has 0 atom stereocenters. The third-order valence-corrected chi connectivity index (χ3v) is 4.35. The molecular formula is C18H21N3O2. The van der Waals surface area contributed by atoms with Crippen molar-refractivity contribution in [3.05, 3.63) is 59.4 Å². The van der Waals surface area contributed by atoms with Crippen molar-refractivity contribution in [2.24, 2.45) is 0 Å².